The van der Waals surface area contributed by atoms with E-state index >= 15 is 0 Å². The first-order valence-electron chi connectivity index (χ1n) is 9.99. The van der Waals surface area contributed by atoms with Crippen molar-refractivity contribution in [3.8, 4) is 0 Å². The molecule has 1 aromatic heterocycles. The SMILES string of the molecule is CC(Cc1nnc(SC(C(=O)NCc2ccccc2F)C(C)C)o1)c1ccccc1. The Kier molecular flexibility index (Phi) is 7.63. The highest BCUT2D eigenvalue weighted by molar-refractivity contribution is 8.00. The highest BCUT2D eigenvalue weighted by Crippen LogP contribution is 2.29. The minimum Gasteiger partial charge on any atom is -0.416 e. The van der Waals surface area contributed by atoms with Crippen LogP contribution in [0, 0.1) is 11.7 Å². The quantitative estimate of drug-likeness (QED) is 0.488. The number of aromatic nitrogens is 2. The Morgan fingerprint density at radius 2 is 1.77 bits per heavy atom. The number of amides is 1. The number of nitrogens with zero attached hydrogens (tertiary/aromatic N) is 2. The van der Waals surface area contributed by atoms with E-state index in [9.17, 15) is 9.18 Å². The maximum absolute atomic E-state index is 13.8. The fourth-order valence-corrected chi connectivity index (χ4v) is 3.97. The zero-order valence-electron chi connectivity index (χ0n) is 17.3. The molecule has 0 aliphatic carbocycles. The number of thioether (sulfide) groups is 1. The van der Waals surface area contributed by atoms with E-state index in [1.54, 1.807) is 18.2 Å². The van der Waals surface area contributed by atoms with E-state index < -0.39 is 5.25 Å². The molecule has 1 amide bonds. The Hall–Kier alpha value is -2.67. The van der Waals surface area contributed by atoms with Gasteiger partial charge in [0.25, 0.3) is 5.22 Å². The summed E-state index contributed by atoms with van der Waals surface area (Å²) in [6, 6.07) is 16.6. The summed E-state index contributed by atoms with van der Waals surface area (Å²) in [5, 5.41) is 11.0. The van der Waals surface area contributed by atoms with Crippen LogP contribution in [0.2, 0.25) is 0 Å². The molecule has 2 aromatic carbocycles. The van der Waals surface area contributed by atoms with Crippen molar-refractivity contribution >= 4 is 17.7 Å². The molecular formula is C23H26FN3O2S. The molecule has 30 heavy (non-hydrogen) atoms. The lowest BCUT2D eigenvalue weighted by atomic mass is 9.98. The van der Waals surface area contributed by atoms with Gasteiger partial charge in [-0.25, -0.2) is 4.39 Å². The molecule has 158 valence electrons. The number of carbonyl (C=O) groups excluding carboxylic acids is 1. The predicted molar refractivity (Wildman–Crippen MR) is 116 cm³/mol. The average molecular weight is 428 g/mol. The summed E-state index contributed by atoms with van der Waals surface area (Å²) >= 11 is 1.24. The molecule has 3 aromatic rings. The molecule has 0 radical (unpaired) electrons. The number of halogens is 1. The maximum atomic E-state index is 13.8. The summed E-state index contributed by atoms with van der Waals surface area (Å²) in [4.78, 5) is 12.7. The molecule has 0 spiro atoms. The van der Waals surface area contributed by atoms with Gasteiger partial charge in [-0.1, -0.05) is 81.1 Å². The summed E-state index contributed by atoms with van der Waals surface area (Å²) < 4.78 is 19.6. The Labute approximate surface area is 180 Å². The van der Waals surface area contributed by atoms with Crippen LogP contribution in [-0.2, 0) is 17.8 Å². The van der Waals surface area contributed by atoms with E-state index in [0.717, 1.165) is 0 Å². The molecule has 0 aliphatic rings. The number of carbonyl (C=O) groups is 1. The van der Waals surface area contributed by atoms with Gasteiger partial charge in [0, 0.05) is 18.5 Å². The molecule has 0 bridgehead atoms. The van der Waals surface area contributed by atoms with Crippen molar-refractivity contribution in [3.05, 3.63) is 77.4 Å². The molecule has 0 saturated carbocycles. The molecule has 3 rings (SSSR count). The third-order valence-corrected chi connectivity index (χ3v) is 6.18. The molecule has 0 aliphatic heterocycles. The normalized spacial score (nSPS) is 13.2. The zero-order chi connectivity index (χ0) is 21.5. The van der Waals surface area contributed by atoms with Crippen molar-refractivity contribution < 1.29 is 13.6 Å². The molecule has 2 unspecified atom stereocenters. The van der Waals surface area contributed by atoms with Gasteiger partial charge in [0.2, 0.25) is 11.8 Å². The van der Waals surface area contributed by atoms with E-state index in [-0.39, 0.29) is 30.1 Å². The van der Waals surface area contributed by atoms with Crippen molar-refractivity contribution in [3.63, 3.8) is 0 Å². The average Bonchev–Trinajstić information content (AvgIpc) is 3.18. The van der Waals surface area contributed by atoms with E-state index in [4.69, 9.17) is 4.42 Å². The molecular weight excluding hydrogens is 401 g/mol. The summed E-state index contributed by atoms with van der Waals surface area (Å²) in [5.74, 6) is 0.308. The first kappa shape index (κ1) is 22.0. The summed E-state index contributed by atoms with van der Waals surface area (Å²) in [5.41, 5.74) is 1.66. The number of benzene rings is 2. The van der Waals surface area contributed by atoms with Crippen LogP contribution in [0.1, 0.15) is 43.7 Å². The third kappa shape index (κ3) is 5.92. The smallest absolute Gasteiger partial charge is 0.277 e. The Morgan fingerprint density at radius 1 is 1.07 bits per heavy atom. The van der Waals surface area contributed by atoms with Gasteiger partial charge in [-0.15, -0.1) is 10.2 Å². The van der Waals surface area contributed by atoms with E-state index in [1.165, 1.54) is 23.4 Å². The first-order valence-corrected chi connectivity index (χ1v) is 10.9. The minimum atomic E-state index is -0.420. The van der Waals surface area contributed by atoms with Gasteiger partial charge in [0.05, 0.1) is 5.25 Å². The fourth-order valence-electron chi connectivity index (χ4n) is 3.06. The van der Waals surface area contributed by atoms with Crippen LogP contribution in [0.5, 0.6) is 0 Å². The van der Waals surface area contributed by atoms with Crippen LogP contribution in [0.3, 0.4) is 0 Å². The lowest BCUT2D eigenvalue weighted by molar-refractivity contribution is -0.121. The molecule has 0 saturated heterocycles. The molecule has 1 N–H and O–H groups in total. The lowest BCUT2D eigenvalue weighted by Gasteiger charge is -2.18. The highest BCUT2D eigenvalue weighted by Gasteiger charge is 2.26. The molecule has 1 heterocycles. The van der Waals surface area contributed by atoms with Gasteiger partial charge >= 0.3 is 0 Å². The van der Waals surface area contributed by atoms with E-state index in [2.05, 4.69) is 34.6 Å². The molecule has 2 atom stereocenters. The maximum Gasteiger partial charge on any atom is 0.277 e. The summed E-state index contributed by atoms with van der Waals surface area (Å²) in [6.45, 7) is 6.16. The predicted octanol–water partition coefficient (Wildman–Crippen LogP) is 4.99. The van der Waals surface area contributed by atoms with Crippen LogP contribution in [0.15, 0.2) is 64.2 Å². The van der Waals surface area contributed by atoms with Crippen molar-refractivity contribution in [2.75, 3.05) is 0 Å². The number of hydrogen-bond acceptors (Lipinski definition) is 5. The Bertz CT molecular complexity index is 962. The summed E-state index contributed by atoms with van der Waals surface area (Å²) in [7, 11) is 0. The van der Waals surface area contributed by atoms with Crippen LogP contribution in [-0.4, -0.2) is 21.4 Å². The fraction of sp³-hybridized carbons (Fsp3) is 0.348. The number of hydrogen-bond donors (Lipinski definition) is 1. The largest absolute Gasteiger partial charge is 0.416 e. The van der Waals surface area contributed by atoms with Crippen molar-refractivity contribution in [1.82, 2.24) is 15.5 Å². The van der Waals surface area contributed by atoms with Gasteiger partial charge in [-0.2, -0.15) is 0 Å². The third-order valence-electron chi connectivity index (χ3n) is 4.80. The van der Waals surface area contributed by atoms with Crippen LogP contribution in [0.4, 0.5) is 4.39 Å². The zero-order valence-corrected chi connectivity index (χ0v) is 18.2. The van der Waals surface area contributed by atoms with Gasteiger partial charge in [0.15, 0.2) is 0 Å². The monoisotopic (exact) mass is 427 g/mol. The molecule has 5 nitrogen and oxygen atoms in total. The van der Waals surface area contributed by atoms with E-state index in [1.807, 2.05) is 32.0 Å². The van der Waals surface area contributed by atoms with Crippen LogP contribution < -0.4 is 5.32 Å². The second-order valence-corrected chi connectivity index (χ2v) is 8.66. The minimum absolute atomic E-state index is 0.0363. The van der Waals surface area contributed by atoms with Gasteiger partial charge in [-0.05, 0) is 23.5 Å². The topological polar surface area (TPSA) is 68.0 Å². The Balaban J connectivity index is 1.60. The van der Waals surface area contributed by atoms with Gasteiger partial charge < -0.3 is 9.73 Å². The number of rotatable bonds is 9. The van der Waals surface area contributed by atoms with Crippen molar-refractivity contribution in [2.24, 2.45) is 5.92 Å². The summed E-state index contributed by atoms with van der Waals surface area (Å²) in [6.07, 6.45) is 0.628. The highest BCUT2D eigenvalue weighted by atomic mass is 32.2. The molecule has 7 heteroatoms. The van der Waals surface area contributed by atoms with Gasteiger partial charge in [-0.3, -0.25) is 4.79 Å². The lowest BCUT2D eigenvalue weighted by Crippen LogP contribution is -2.35. The van der Waals surface area contributed by atoms with Crippen molar-refractivity contribution in [2.45, 2.75) is 50.1 Å². The second-order valence-electron chi connectivity index (χ2n) is 7.57. The first-order chi connectivity index (χ1) is 14.4. The van der Waals surface area contributed by atoms with Crippen LogP contribution in [0.25, 0.3) is 0 Å². The van der Waals surface area contributed by atoms with E-state index in [0.29, 0.717) is 23.1 Å². The Morgan fingerprint density at radius 3 is 2.47 bits per heavy atom. The standard InChI is InChI=1S/C23H26FN3O2S/c1-15(2)21(22(28)25-14-18-11-7-8-12-19(18)24)30-23-27-26-20(29-23)13-16(3)17-9-5-4-6-10-17/h4-12,15-16,21H,13-14H2,1-3H3,(H,25,28). The number of nitrogens with one attached hydrogen (secondary N) is 1. The van der Waals surface area contributed by atoms with Crippen LogP contribution >= 0.6 is 11.8 Å². The van der Waals surface area contributed by atoms with Gasteiger partial charge in [0.1, 0.15) is 5.82 Å². The molecule has 0 fully saturated rings. The second kappa shape index (κ2) is 10.4. The van der Waals surface area contributed by atoms with Crippen molar-refractivity contribution in [1.29, 1.82) is 0 Å².